The molecule has 4 heteroatoms. The van der Waals surface area contributed by atoms with Gasteiger partial charge in [0.05, 0.1) is 11.6 Å². The number of benzene rings is 1. The fourth-order valence-electron chi connectivity index (χ4n) is 1.50. The Labute approximate surface area is 97.0 Å². The average molecular weight is 230 g/mol. The largest absolute Gasteiger partial charge is 0.352 e. The number of aromatic nitrogens is 1. The molecule has 2 aromatic rings. The summed E-state index contributed by atoms with van der Waals surface area (Å²) in [4.78, 5) is 2.80. The average Bonchev–Trinajstić information content (AvgIpc) is 2.30. The number of halogens is 1. The number of pyridine rings is 1. The van der Waals surface area contributed by atoms with Gasteiger partial charge in [-0.25, -0.2) is 4.39 Å². The Morgan fingerprint density at radius 3 is 2.69 bits per heavy atom. The van der Waals surface area contributed by atoms with E-state index in [9.17, 15) is 4.39 Å². The smallest absolute Gasteiger partial charge is 0.131 e. The van der Waals surface area contributed by atoms with Crippen molar-refractivity contribution in [1.82, 2.24) is 4.98 Å². The molecule has 0 aliphatic rings. The van der Waals surface area contributed by atoms with Gasteiger partial charge in [-0.05, 0) is 12.1 Å². The minimum atomic E-state index is -0.385. The van der Waals surface area contributed by atoms with Gasteiger partial charge < -0.3 is 4.98 Å². The Hall–Kier alpha value is -1.99. The van der Waals surface area contributed by atoms with E-state index in [0.717, 1.165) is 0 Å². The molecular weight excluding hydrogens is 223 g/mol. The van der Waals surface area contributed by atoms with Crippen molar-refractivity contribution in [2.45, 2.75) is 0 Å². The monoisotopic (exact) mass is 230 g/mol. The van der Waals surface area contributed by atoms with Crippen LogP contribution in [0, 0.1) is 21.8 Å². The second kappa shape index (κ2) is 4.25. The highest BCUT2D eigenvalue weighted by molar-refractivity contribution is 7.71. The van der Waals surface area contributed by atoms with Gasteiger partial charge in [-0.3, -0.25) is 0 Å². The number of nitrogens with zero attached hydrogens (tertiary/aromatic N) is 1. The lowest BCUT2D eigenvalue weighted by Crippen LogP contribution is -1.91. The standard InChI is InChI=1S/C12H7FN2S/c13-10-4-2-1-3-9(10)11-8(7-14)5-6-15-12(11)16/h1-6H,(H,15,16). The molecule has 0 amide bonds. The molecule has 0 bridgehead atoms. The summed E-state index contributed by atoms with van der Waals surface area (Å²) in [5.41, 5.74) is 1.16. The maximum atomic E-state index is 13.6. The first-order valence-electron chi connectivity index (χ1n) is 4.60. The Balaban J connectivity index is 2.80. The fourth-order valence-corrected chi connectivity index (χ4v) is 1.79. The number of nitrogens with one attached hydrogen (secondary N) is 1. The number of hydrogen-bond donors (Lipinski definition) is 1. The van der Waals surface area contributed by atoms with Crippen LogP contribution in [0.5, 0.6) is 0 Å². The lowest BCUT2D eigenvalue weighted by Gasteiger charge is -2.05. The zero-order valence-electron chi connectivity index (χ0n) is 8.20. The first kappa shape index (κ1) is 10.5. The highest BCUT2D eigenvalue weighted by atomic mass is 32.1. The molecule has 0 saturated heterocycles. The molecule has 0 aliphatic carbocycles. The summed E-state index contributed by atoms with van der Waals surface area (Å²) in [5, 5.41) is 8.96. The molecule has 0 atom stereocenters. The molecule has 0 radical (unpaired) electrons. The molecule has 0 spiro atoms. The van der Waals surface area contributed by atoms with E-state index in [-0.39, 0.29) is 5.82 Å². The van der Waals surface area contributed by atoms with Gasteiger partial charge in [0.15, 0.2) is 0 Å². The minimum Gasteiger partial charge on any atom is -0.352 e. The van der Waals surface area contributed by atoms with Gasteiger partial charge in [-0.15, -0.1) is 0 Å². The fraction of sp³-hybridized carbons (Fsp3) is 0. The van der Waals surface area contributed by atoms with Crippen molar-refractivity contribution in [3.8, 4) is 17.2 Å². The predicted molar refractivity (Wildman–Crippen MR) is 61.7 cm³/mol. The summed E-state index contributed by atoms with van der Waals surface area (Å²) < 4.78 is 14.0. The Morgan fingerprint density at radius 1 is 1.25 bits per heavy atom. The second-order valence-electron chi connectivity index (χ2n) is 3.19. The van der Waals surface area contributed by atoms with Gasteiger partial charge in [-0.1, -0.05) is 30.4 Å². The van der Waals surface area contributed by atoms with E-state index in [2.05, 4.69) is 4.98 Å². The Morgan fingerprint density at radius 2 is 2.00 bits per heavy atom. The molecule has 2 rings (SSSR count). The van der Waals surface area contributed by atoms with Gasteiger partial charge in [0.25, 0.3) is 0 Å². The highest BCUT2D eigenvalue weighted by Gasteiger charge is 2.10. The van der Waals surface area contributed by atoms with Crippen LogP contribution < -0.4 is 0 Å². The molecule has 16 heavy (non-hydrogen) atoms. The summed E-state index contributed by atoms with van der Waals surface area (Å²) in [6.07, 6.45) is 1.57. The van der Waals surface area contributed by atoms with E-state index in [1.165, 1.54) is 6.07 Å². The van der Waals surface area contributed by atoms with Crippen LogP contribution in [-0.2, 0) is 0 Å². The number of H-pyrrole nitrogens is 1. The zero-order chi connectivity index (χ0) is 11.5. The lowest BCUT2D eigenvalue weighted by atomic mass is 10.0. The number of hydrogen-bond acceptors (Lipinski definition) is 2. The van der Waals surface area contributed by atoms with Crippen LogP contribution in [0.1, 0.15) is 5.56 Å². The van der Waals surface area contributed by atoms with Crippen molar-refractivity contribution in [2.24, 2.45) is 0 Å². The van der Waals surface area contributed by atoms with E-state index in [4.69, 9.17) is 17.5 Å². The van der Waals surface area contributed by atoms with Crippen LogP contribution in [0.25, 0.3) is 11.1 Å². The molecule has 1 N–H and O–H groups in total. The van der Waals surface area contributed by atoms with Crippen LogP contribution >= 0.6 is 12.2 Å². The third-order valence-corrected chi connectivity index (χ3v) is 2.55. The lowest BCUT2D eigenvalue weighted by molar-refractivity contribution is 0.631. The molecule has 1 aromatic carbocycles. The van der Waals surface area contributed by atoms with Crippen LogP contribution in [-0.4, -0.2) is 4.98 Å². The van der Waals surface area contributed by atoms with E-state index in [1.54, 1.807) is 30.5 Å². The highest BCUT2D eigenvalue weighted by Crippen LogP contribution is 2.26. The van der Waals surface area contributed by atoms with E-state index >= 15 is 0 Å². The number of rotatable bonds is 1. The summed E-state index contributed by atoms with van der Waals surface area (Å²) in [6, 6.07) is 9.85. The van der Waals surface area contributed by atoms with Crippen molar-refractivity contribution in [1.29, 1.82) is 5.26 Å². The Bertz CT molecular complexity index is 625. The minimum absolute atomic E-state index is 0.348. The summed E-state index contributed by atoms with van der Waals surface area (Å²) in [5.74, 6) is -0.385. The molecule has 2 nitrogen and oxygen atoms in total. The molecule has 78 valence electrons. The van der Waals surface area contributed by atoms with Crippen LogP contribution in [0.15, 0.2) is 36.5 Å². The van der Waals surface area contributed by atoms with Crippen LogP contribution in [0.3, 0.4) is 0 Å². The van der Waals surface area contributed by atoms with Crippen molar-refractivity contribution in [2.75, 3.05) is 0 Å². The second-order valence-corrected chi connectivity index (χ2v) is 3.60. The molecule has 0 fully saturated rings. The summed E-state index contributed by atoms with van der Waals surface area (Å²) >= 11 is 5.07. The van der Waals surface area contributed by atoms with Gasteiger partial charge in [-0.2, -0.15) is 5.26 Å². The first-order chi connectivity index (χ1) is 7.74. The summed E-state index contributed by atoms with van der Waals surface area (Å²) in [7, 11) is 0. The SMILES string of the molecule is N#Cc1cc[nH]c(=S)c1-c1ccccc1F. The molecule has 0 saturated carbocycles. The third-order valence-electron chi connectivity index (χ3n) is 2.22. The van der Waals surface area contributed by atoms with Crippen molar-refractivity contribution in [3.63, 3.8) is 0 Å². The zero-order valence-corrected chi connectivity index (χ0v) is 9.01. The summed E-state index contributed by atoms with van der Waals surface area (Å²) in [6.45, 7) is 0. The van der Waals surface area contributed by atoms with Gasteiger partial charge in [0, 0.05) is 17.3 Å². The quantitative estimate of drug-likeness (QED) is 0.762. The van der Waals surface area contributed by atoms with Gasteiger partial charge >= 0.3 is 0 Å². The Kier molecular flexibility index (Phi) is 2.80. The van der Waals surface area contributed by atoms with Crippen molar-refractivity contribution in [3.05, 3.63) is 52.5 Å². The predicted octanol–water partition coefficient (Wildman–Crippen LogP) is 3.42. The molecule has 0 unspecified atom stereocenters. The van der Waals surface area contributed by atoms with Crippen LogP contribution in [0.2, 0.25) is 0 Å². The van der Waals surface area contributed by atoms with E-state index < -0.39 is 0 Å². The molecule has 1 aromatic heterocycles. The van der Waals surface area contributed by atoms with Crippen LogP contribution in [0.4, 0.5) is 4.39 Å². The van der Waals surface area contributed by atoms with E-state index in [0.29, 0.717) is 21.3 Å². The van der Waals surface area contributed by atoms with Gasteiger partial charge in [0.1, 0.15) is 10.5 Å². The normalized spacial score (nSPS) is 9.75. The topological polar surface area (TPSA) is 39.6 Å². The maximum Gasteiger partial charge on any atom is 0.131 e. The number of nitriles is 1. The van der Waals surface area contributed by atoms with Gasteiger partial charge in [0.2, 0.25) is 0 Å². The molecule has 0 aliphatic heterocycles. The van der Waals surface area contributed by atoms with E-state index in [1.807, 2.05) is 6.07 Å². The third kappa shape index (κ3) is 1.73. The molecule has 1 heterocycles. The maximum absolute atomic E-state index is 13.6. The van der Waals surface area contributed by atoms with Crippen molar-refractivity contribution >= 4 is 12.2 Å². The first-order valence-corrected chi connectivity index (χ1v) is 5.01. The van der Waals surface area contributed by atoms with Crippen molar-refractivity contribution < 1.29 is 4.39 Å². The molecular formula is C12H7FN2S. The number of aromatic amines is 1.